The van der Waals surface area contributed by atoms with Gasteiger partial charge in [0.05, 0.1) is 13.3 Å². The first-order chi connectivity index (χ1) is 12.3. The molecule has 0 unspecified atom stereocenters. The van der Waals surface area contributed by atoms with Gasteiger partial charge in [0.1, 0.15) is 43.1 Å². The monoisotopic (exact) mass is 338 g/mol. The van der Waals surface area contributed by atoms with Crippen LogP contribution in [0.4, 0.5) is 0 Å². The minimum absolute atomic E-state index is 0.434. The van der Waals surface area contributed by atoms with Gasteiger partial charge in [-0.2, -0.15) is 5.10 Å². The lowest BCUT2D eigenvalue weighted by molar-refractivity contribution is 0.216. The summed E-state index contributed by atoms with van der Waals surface area (Å²) in [5, 5.41) is 11.6. The summed E-state index contributed by atoms with van der Waals surface area (Å²) in [4.78, 5) is 0. The average Bonchev–Trinajstić information content (AvgIpc) is 3.18. The fourth-order valence-electron chi connectivity index (χ4n) is 2.08. The van der Waals surface area contributed by atoms with Gasteiger partial charge in [0, 0.05) is 6.07 Å². The van der Waals surface area contributed by atoms with Crippen molar-refractivity contribution in [3.05, 3.63) is 66.7 Å². The van der Waals surface area contributed by atoms with Gasteiger partial charge in [-0.25, -0.2) is 4.68 Å². The van der Waals surface area contributed by atoms with Crippen LogP contribution in [0.25, 0.3) is 0 Å². The van der Waals surface area contributed by atoms with Crippen molar-refractivity contribution in [3.8, 4) is 17.2 Å². The Morgan fingerprint density at radius 3 is 2.28 bits per heavy atom. The van der Waals surface area contributed by atoms with Crippen molar-refractivity contribution >= 4 is 6.21 Å². The zero-order valence-electron chi connectivity index (χ0n) is 13.8. The molecule has 0 radical (unpaired) electrons. The molecule has 0 saturated heterocycles. The van der Waals surface area contributed by atoms with Gasteiger partial charge in [0.2, 0.25) is 0 Å². The van der Waals surface area contributed by atoms with Crippen LogP contribution < -0.4 is 14.2 Å². The average molecular weight is 338 g/mol. The van der Waals surface area contributed by atoms with Crippen molar-refractivity contribution < 1.29 is 14.2 Å². The maximum atomic E-state index is 5.71. The van der Waals surface area contributed by atoms with Crippen LogP contribution in [0.15, 0.2) is 66.3 Å². The number of hydrogen-bond acceptors (Lipinski definition) is 6. The van der Waals surface area contributed by atoms with Gasteiger partial charge in [0.25, 0.3) is 0 Å². The van der Waals surface area contributed by atoms with E-state index >= 15 is 0 Å². The van der Waals surface area contributed by atoms with Crippen LogP contribution in [0.1, 0.15) is 5.56 Å². The molecule has 1 heterocycles. The topological polar surface area (TPSA) is 70.8 Å². The number of hydrogen-bond donors (Lipinski definition) is 0. The summed E-state index contributed by atoms with van der Waals surface area (Å²) in [5.41, 5.74) is 0.917. The zero-order chi connectivity index (χ0) is 17.3. The summed E-state index contributed by atoms with van der Waals surface area (Å²) in [6.45, 7) is 0.870. The van der Waals surface area contributed by atoms with E-state index < -0.39 is 0 Å². The molecule has 0 saturated carbocycles. The zero-order valence-corrected chi connectivity index (χ0v) is 13.8. The van der Waals surface area contributed by atoms with E-state index in [0.717, 1.165) is 22.8 Å². The van der Waals surface area contributed by atoms with Crippen LogP contribution in [0.3, 0.4) is 0 Å². The Labute approximate surface area is 145 Å². The molecule has 0 atom stereocenters. The molecule has 2 aromatic carbocycles. The van der Waals surface area contributed by atoms with E-state index in [-0.39, 0.29) is 0 Å². The molecule has 0 N–H and O–H groups in total. The lowest BCUT2D eigenvalue weighted by atomic mass is 10.2. The number of rotatable bonds is 8. The Morgan fingerprint density at radius 2 is 1.56 bits per heavy atom. The van der Waals surface area contributed by atoms with Crippen molar-refractivity contribution in [1.82, 2.24) is 14.9 Å². The molecule has 0 fully saturated rings. The molecule has 0 bridgehead atoms. The fraction of sp³-hybridized carbons (Fsp3) is 0.167. The second kappa shape index (κ2) is 8.49. The molecule has 0 spiro atoms. The van der Waals surface area contributed by atoms with Crippen LogP contribution in [0.2, 0.25) is 0 Å². The van der Waals surface area contributed by atoms with E-state index in [1.165, 1.54) is 17.3 Å². The molecule has 0 aliphatic rings. The Morgan fingerprint density at radius 1 is 0.920 bits per heavy atom. The lowest BCUT2D eigenvalue weighted by Crippen LogP contribution is -2.09. The van der Waals surface area contributed by atoms with Crippen LogP contribution in [-0.2, 0) is 0 Å². The number of methoxy groups -OCH3 is 1. The predicted molar refractivity (Wildman–Crippen MR) is 93.4 cm³/mol. The number of nitrogens with zero attached hydrogens (tertiary/aromatic N) is 4. The SMILES string of the molecule is COc1cccc(OCCOc2cccc(/C=N/n3cnnc3)c2)c1. The molecule has 128 valence electrons. The van der Waals surface area contributed by atoms with Crippen molar-refractivity contribution in [2.45, 2.75) is 0 Å². The van der Waals surface area contributed by atoms with Crippen molar-refractivity contribution in [1.29, 1.82) is 0 Å². The minimum Gasteiger partial charge on any atom is -0.497 e. The van der Waals surface area contributed by atoms with Crippen LogP contribution >= 0.6 is 0 Å². The molecule has 0 amide bonds. The first-order valence-electron chi connectivity index (χ1n) is 7.72. The van der Waals surface area contributed by atoms with E-state index in [2.05, 4.69) is 15.3 Å². The van der Waals surface area contributed by atoms with Gasteiger partial charge in [-0.05, 0) is 29.8 Å². The van der Waals surface area contributed by atoms with E-state index in [1.54, 1.807) is 13.3 Å². The van der Waals surface area contributed by atoms with Gasteiger partial charge in [-0.1, -0.05) is 18.2 Å². The largest absolute Gasteiger partial charge is 0.497 e. The quantitative estimate of drug-likeness (QED) is 0.466. The van der Waals surface area contributed by atoms with E-state index in [0.29, 0.717) is 13.2 Å². The molecule has 3 rings (SSSR count). The first kappa shape index (κ1) is 16.5. The fourth-order valence-corrected chi connectivity index (χ4v) is 2.08. The van der Waals surface area contributed by atoms with Gasteiger partial charge in [0.15, 0.2) is 0 Å². The van der Waals surface area contributed by atoms with Crippen LogP contribution in [0, 0.1) is 0 Å². The van der Waals surface area contributed by atoms with E-state index in [4.69, 9.17) is 14.2 Å². The van der Waals surface area contributed by atoms with Gasteiger partial charge < -0.3 is 14.2 Å². The molecule has 0 aliphatic carbocycles. The van der Waals surface area contributed by atoms with Gasteiger partial charge in [-0.3, -0.25) is 0 Å². The Kier molecular flexibility index (Phi) is 5.60. The number of aromatic nitrogens is 3. The van der Waals surface area contributed by atoms with E-state index in [1.807, 2.05) is 48.5 Å². The highest BCUT2D eigenvalue weighted by Crippen LogP contribution is 2.19. The molecule has 1 aromatic heterocycles. The maximum Gasteiger partial charge on any atom is 0.141 e. The molecule has 7 heteroatoms. The number of benzene rings is 2. The summed E-state index contributed by atoms with van der Waals surface area (Å²) >= 11 is 0. The molecule has 3 aromatic rings. The highest BCUT2D eigenvalue weighted by Gasteiger charge is 1.99. The second-order valence-electron chi connectivity index (χ2n) is 5.03. The highest BCUT2D eigenvalue weighted by atomic mass is 16.5. The van der Waals surface area contributed by atoms with Crippen molar-refractivity contribution in [2.24, 2.45) is 5.10 Å². The van der Waals surface area contributed by atoms with Crippen molar-refractivity contribution in [2.75, 3.05) is 20.3 Å². The summed E-state index contributed by atoms with van der Waals surface area (Å²) in [7, 11) is 1.63. The van der Waals surface area contributed by atoms with Crippen molar-refractivity contribution in [3.63, 3.8) is 0 Å². The normalized spacial score (nSPS) is 10.8. The third-order valence-corrected chi connectivity index (χ3v) is 3.27. The first-order valence-corrected chi connectivity index (χ1v) is 7.72. The Bertz CT molecular complexity index is 819. The predicted octanol–water partition coefficient (Wildman–Crippen LogP) is 2.63. The molecule has 7 nitrogen and oxygen atoms in total. The smallest absolute Gasteiger partial charge is 0.141 e. The minimum atomic E-state index is 0.434. The van der Waals surface area contributed by atoms with Crippen LogP contribution in [0.5, 0.6) is 17.2 Å². The molecule has 0 aliphatic heterocycles. The van der Waals surface area contributed by atoms with Gasteiger partial charge >= 0.3 is 0 Å². The Balaban J connectivity index is 1.49. The summed E-state index contributed by atoms with van der Waals surface area (Å²) < 4.78 is 18.0. The third-order valence-electron chi connectivity index (χ3n) is 3.27. The number of ether oxygens (including phenoxy) is 3. The molecule has 25 heavy (non-hydrogen) atoms. The third kappa shape index (κ3) is 5.07. The summed E-state index contributed by atoms with van der Waals surface area (Å²) in [6, 6.07) is 15.1. The standard InChI is InChI=1S/C18H18N4O3/c1-23-16-5-3-7-18(11-16)25-9-8-24-17-6-2-4-15(10-17)12-21-22-13-19-20-14-22/h2-7,10-14H,8-9H2,1H3/b21-12+. The summed E-state index contributed by atoms with van der Waals surface area (Å²) in [6.07, 6.45) is 4.75. The van der Waals surface area contributed by atoms with Gasteiger partial charge in [-0.15, -0.1) is 10.2 Å². The molecular weight excluding hydrogens is 320 g/mol. The van der Waals surface area contributed by atoms with Crippen LogP contribution in [-0.4, -0.2) is 41.4 Å². The second-order valence-corrected chi connectivity index (χ2v) is 5.03. The molecular formula is C18H18N4O3. The van der Waals surface area contributed by atoms with E-state index in [9.17, 15) is 0 Å². The highest BCUT2D eigenvalue weighted by molar-refractivity contribution is 5.80. The Hall–Kier alpha value is -3.35. The maximum absolute atomic E-state index is 5.71. The summed E-state index contributed by atoms with van der Waals surface area (Å²) in [5.74, 6) is 2.26. The lowest BCUT2D eigenvalue weighted by Gasteiger charge is -2.09.